The fourth-order valence-electron chi connectivity index (χ4n) is 2.56. The lowest BCUT2D eigenvalue weighted by Gasteiger charge is -2.43. The molecule has 2 heterocycles. The van der Waals surface area contributed by atoms with Gasteiger partial charge in [0.05, 0.1) is 20.6 Å². The Balaban J connectivity index is 1.66. The summed E-state index contributed by atoms with van der Waals surface area (Å²) in [5, 5.41) is 0. The Labute approximate surface area is 118 Å². The largest absolute Gasteiger partial charge is 0.378 e. The molecule has 1 aromatic rings. The van der Waals surface area contributed by atoms with Gasteiger partial charge in [0.2, 0.25) is 0 Å². The molecule has 3 nitrogen and oxygen atoms in total. The SMILES string of the molecule is [2H]C1(N2CCN(c3cc(C)cc(Br)c3)CC2)COC1. The van der Waals surface area contributed by atoms with E-state index in [9.17, 15) is 0 Å². The minimum absolute atomic E-state index is 0.459. The minimum atomic E-state index is -0.459. The van der Waals surface area contributed by atoms with E-state index in [2.05, 4.69) is 50.9 Å². The smallest absolute Gasteiger partial charge is 0.0645 e. The second-order valence-electron chi connectivity index (χ2n) is 5.02. The molecule has 18 heavy (non-hydrogen) atoms. The van der Waals surface area contributed by atoms with Crippen molar-refractivity contribution in [3.63, 3.8) is 0 Å². The average molecular weight is 312 g/mol. The number of piperazine rings is 1. The third kappa shape index (κ3) is 2.56. The lowest BCUT2D eigenvalue weighted by Crippen LogP contribution is -2.56. The Bertz CT molecular complexity index is 450. The van der Waals surface area contributed by atoms with E-state index >= 15 is 0 Å². The standard InChI is InChI=1S/C14H19BrN2O/c1-11-6-12(15)8-13(7-11)16-2-4-17(5-3-16)14-9-18-10-14/h6-8,14H,2-5,9-10H2,1H3/i14D. The van der Waals surface area contributed by atoms with Crippen LogP contribution in [0, 0.1) is 6.92 Å². The maximum absolute atomic E-state index is 8.27. The Morgan fingerprint density at radius 2 is 1.94 bits per heavy atom. The highest BCUT2D eigenvalue weighted by atomic mass is 79.9. The molecular weight excluding hydrogens is 292 g/mol. The van der Waals surface area contributed by atoms with Gasteiger partial charge in [-0.1, -0.05) is 15.9 Å². The monoisotopic (exact) mass is 311 g/mol. The van der Waals surface area contributed by atoms with E-state index < -0.39 is 6.02 Å². The second kappa shape index (κ2) is 5.19. The normalized spacial score (nSPS) is 24.6. The Morgan fingerprint density at radius 3 is 2.50 bits per heavy atom. The summed E-state index contributed by atoms with van der Waals surface area (Å²) in [7, 11) is 0. The highest BCUT2D eigenvalue weighted by Gasteiger charge is 2.28. The molecule has 0 N–H and O–H groups in total. The first kappa shape index (κ1) is 11.3. The molecule has 0 radical (unpaired) electrons. The third-order valence-corrected chi connectivity index (χ3v) is 4.11. The predicted octanol–water partition coefficient (Wildman–Crippen LogP) is 2.28. The van der Waals surface area contributed by atoms with Crippen LogP contribution in [-0.2, 0) is 4.74 Å². The molecule has 0 amide bonds. The van der Waals surface area contributed by atoms with Crippen LogP contribution in [0.15, 0.2) is 22.7 Å². The van der Waals surface area contributed by atoms with Crippen LogP contribution in [0.3, 0.4) is 0 Å². The van der Waals surface area contributed by atoms with Crippen molar-refractivity contribution >= 4 is 21.6 Å². The zero-order valence-corrected chi connectivity index (χ0v) is 12.2. The molecule has 0 aromatic heterocycles. The van der Waals surface area contributed by atoms with E-state index in [1.807, 2.05) is 0 Å². The number of hydrogen-bond donors (Lipinski definition) is 0. The molecule has 2 aliphatic heterocycles. The molecule has 1 aromatic carbocycles. The van der Waals surface area contributed by atoms with Crippen LogP contribution in [0.1, 0.15) is 6.93 Å². The highest BCUT2D eigenvalue weighted by Crippen LogP contribution is 2.24. The predicted molar refractivity (Wildman–Crippen MR) is 77.3 cm³/mol. The van der Waals surface area contributed by atoms with Crippen molar-refractivity contribution < 1.29 is 6.11 Å². The van der Waals surface area contributed by atoms with Gasteiger partial charge in [-0.2, -0.15) is 0 Å². The molecule has 0 unspecified atom stereocenters. The topological polar surface area (TPSA) is 15.7 Å². The first-order chi connectivity index (χ1) is 9.07. The lowest BCUT2D eigenvalue weighted by atomic mass is 10.1. The summed E-state index contributed by atoms with van der Waals surface area (Å²) in [4.78, 5) is 4.65. The van der Waals surface area contributed by atoms with Gasteiger partial charge in [0.1, 0.15) is 0 Å². The molecule has 4 heteroatoms. The van der Waals surface area contributed by atoms with Gasteiger partial charge in [-0.15, -0.1) is 0 Å². The van der Waals surface area contributed by atoms with Crippen LogP contribution >= 0.6 is 15.9 Å². The van der Waals surface area contributed by atoms with Gasteiger partial charge in [-0.05, 0) is 30.7 Å². The Kier molecular flexibility index (Phi) is 3.25. The van der Waals surface area contributed by atoms with Crippen LogP contribution in [-0.4, -0.2) is 50.3 Å². The van der Waals surface area contributed by atoms with E-state index in [-0.39, 0.29) is 0 Å². The van der Waals surface area contributed by atoms with Gasteiger partial charge in [0.25, 0.3) is 0 Å². The second-order valence-corrected chi connectivity index (χ2v) is 5.94. The molecule has 98 valence electrons. The zero-order chi connectivity index (χ0) is 13.5. The average Bonchev–Trinajstić information content (AvgIpc) is 2.35. The summed E-state index contributed by atoms with van der Waals surface area (Å²) in [5.74, 6) is 0. The van der Waals surface area contributed by atoms with Crippen LogP contribution in [0.4, 0.5) is 5.69 Å². The number of rotatable bonds is 2. The van der Waals surface area contributed by atoms with E-state index in [1.54, 1.807) is 0 Å². The van der Waals surface area contributed by atoms with Gasteiger partial charge < -0.3 is 9.64 Å². The number of anilines is 1. The molecule has 0 bridgehead atoms. The van der Waals surface area contributed by atoms with Crippen molar-refractivity contribution in [1.82, 2.24) is 4.90 Å². The number of aryl methyl sites for hydroxylation is 1. The number of halogens is 1. The number of benzene rings is 1. The summed E-state index contributed by atoms with van der Waals surface area (Å²) in [5.41, 5.74) is 2.55. The van der Waals surface area contributed by atoms with Crippen LogP contribution in [0.5, 0.6) is 0 Å². The van der Waals surface area contributed by atoms with Crippen LogP contribution < -0.4 is 4.90 Å². The third-order valence-electron chi connectivity index (χ3n) is 3.66. The number of nitrogens with zero attached hydrogens (tertiary/aromatic N) is 2. The molecule has 0 spiro atoms. The summed E-state index contributed by atoms with van der Waals surface area (Å²) in [6.45, 7) is 7.09. The van der Waals surface area contributed by atoms with Crippen LogP contribution in [0.2, 0.25) is 0 Å². The van der Waals surface area contributed by atoms with Crippen molar-refractivity contribution in [2.75, 3.05) is 44.3 Å². The maximum atomic E-state index is 8.27. The molecule has 0 saturated carbocycles. The fraction of sp³-hybridized carbons (Fsp3) is 0.571. The van der Waals surface area contributed by atoms with E-state index in [1.165, 1.54) is 11.3 Å². The molecule has 2 fully saturated rings. The van der Waals surface area contributed by atoms with Crippen LogP contribution in [0.25, 0.3) is 0 Å². The van der Waals surface area contributed by atoms with Gasteiger partial charge in [-0.25, -0.2) is 0 Å². The number of hydrogen-bond acceptors (Lipinski definition) is 3. The summed E-state index contributed by atoms with van der Waals surface area (Å²) in [6, 6.07) is 6.07. The Morgan fingerprint density at radius 1 is 1.22 bits per heavy atom. The highest BCUT2D eigenvalue weighted by molar-refractivity contribution is 9.10. The van der Waals surface area contributed by atoms with E-state index in [0.29, 0.717) is 13.2 Å². The van der Waals surface area contributed by atoms with Gasteiger partial charge in [0.15, 0.2) is 0 Å². The van der Waals surface area contributed by atoms with E-state index in [4.69, 9.17) is 6.11 Å². The molecule has 0 atom stereocenters. The first-order valence-electron chi connectivity index (χ1n) is 6.92. The summed E-state index contributed by atoms with van der Waals surface area (Å²) >= 11 is 3.56. The molecular formula is C14H19BrN2O. The van der Waals surface area contributed by atoms with Crippen molar-refractivity contribution in [1.29, 1.82) is 0 Å². The quantitative estimate of drug-likeness (QED) is 0.833. The van der Waals surface area contributed by atoms with Gasteiger partial charge in [-0.3, -0.25) is 4.90 Å². The molecule has 2 saturated heterocycles. The minimum Gasteiger partial charge on any atom is -0.378 e. The Hall–Kier alpha value is -0.580. The van der Waals surface area contributed by atoms with Crippen molar-refractivity contribution in [2.24, 2.45) is 0 Å². The van der Waals surface area contributed by atoms with Crippen molar-refractivity contribution in [3.8, 4) is 0 Å². The number of ether oxygens (including phenoxy) is 1. The zero-order valence-electron chi connectivity index (χ0n) is 11.7. The lowest BCUT2D eigenvalue weighted by molar-refractivity contribution is -0.0660. The molecule has 2 aliphatic rings. The first-order valence-corrected chi connectivity index (χ1v) is 7.21. The van der Waals surface area contributed by atoms with E-state index in [0.717, 1.165) is 30.7 Å². The maximum Gasteiger partial charge on any atom is 0.0645 e. The molecule has 3 rings (SSSR count). The fourth-order valence-corrected chi connectivity index (χ4v) is 3.15. The van der Waals surface area contributed by atoms with Crippen molar-refractivity contribution in [2.45, 2.75) is 12.9 Å². The van der Waals surface area contributed by atoms with Crippen molar-refractivity contribution in [3.05, 3.63) is 28.2 Å². The summed E-state index contributed by atoms with van der Waals surface area (Å²) in [6.07, 6.45) is 0. The van der Waals surface area contributed by atoms with Gasteiger partial charge in [0, 0.05) is 36.3 Å². The van der Waals surface area contributed by atoms with Gasteiger partial charge >= 0.3 is 0 Å². The molecule has 0 aliphatic carbocycles. The summed E-state index contributed by atoms with van der Waals surface area (Å²) < 4.78 is 14.6.